The van der Waals surface area contributed by atoms with Crippen molar-refractivity contribution in [2.24, 2.45) is 0 Å². The molecule has 0 N–H and O–H groups in total. The number of fused-ring (bicyclic) bond motifs is 1. The molecule has 2 rings (SSSR count). The first-order chi connectivity index (χ1) is 7.15. The molecular formula is C11H5I3O. The van der Waals surface area contributed by atoms with Gasteiger partial charge in [0, 0.05) is 21.7 Å². The molecule has 2 aromatic rings. The Morgan fingerprint density at radius 3 is 2.47 bits per heavy atom. The standard InChI is InChI=1S/C11H5I3O/c12-8-3-1-2-6-4-7(5-15)10(13)11(14)9(6)8/h1-5H. The fourth-order valence-corrected chi connectivity index (χ4v) is 4.22. The second-order valence-corrected chi connectivity index (χ2v) is 6.37. The minimum Gasteiger partial charge on any atom is -0.298 e. The molecule has 0 radical (unpaired) electrons. The summed E-state index contributed by atoms with van der Waals surface area (Å²) < 4.78 is 3.43. The largest absolute Gasteiger partial charge is 0.298 e. The van der Waals surface area contributed by atoms with E-state index < -0.39 is 0 Å². The summed E-state index contributed by atoms with van der Waals surface area (Å²) in [5.41, 5.74) is 0.773. The SMILES string of the molecule is O=Cc1cc2cccc(I)c2c(I)c1I. The number of benzene rings is 2. The highest BCUT2D eigenvalue weighted by Gasteiger charge is 2.10. The van der Waals surface area contributed by atoms with Gasteiger partial charge in [0.15, 0.2) is 6.29 Å². The lowest BCUT2D eigenvalue weighted by Gasteiger charge is -2.07. The van der Waals surface area contributed by atoms with Crippen LogP contribution in [0.5, 0.6) is 0 Å². The van der Waals surface area contributed by atoms with Crippen molar-refractivity contribution in [2.75, 3.05) is 0 Å². The normalized spacial score (nSPS) is 10.6. The zero-order valence-electron chi connectivity index (χ0n) is 7.43. The van der Waals surface area contributed by atoms with Crippen LogP contribution in [0.1, 0.15) is 10.4 Å². The van der Waals surface area contributed by atoms with E-state index in [4.69, 9.17) is 0 Å². The monoisotopic (exact) mass is 534 g/mol. The molecule has 0 aromatic heterocycles. The van der Waals surface area contributed by atoms with Crippen molar-refractivity contribution >= 4 is 84.8 Å². The molecule has 15 heavy (non-hydrogen) atoms. The van der Waals surface area contributed by atoms with Crippen molar-refractivity contribution in [3.63, 3.8) is 0 Å². The van der Waals surface area contributed by atoms with E-state index >= 15 is 0 Å². The van der Waals surface area contributed by atoms with Gasteiger partial charge in [0.25, 0.3) is 0 Å². The van der Waals surface area contributed by atoms with Crippen LogP contribution in [0.15, 0.2) is 24.3 Å². The van der Waals surface area contributed by atoms with E-state index in [1.807, 2.05) is 18.2 Å². The van der Waals surface area contributed by atoms with Crippen LogP contribution in [0, 0.1) is 10.7 Å². The third kappa shape index (κ3) is 2.17. The van der Waals surface area contributed by atoms with Crippen LogP contribution in [-0.2, 0) is 0 Å². The molecule has 1 nitrogen and oxygen atoms in total. The van der Waals surface area contributed by atoms with Crippen LogP contribution in [-0.4, -0.2) is 6.29 Å². The lowest BCUT2D eigenvalue weighted by molar-refractivity contribution is 0.112. The lowest BCUT2D eigenvalue weighted by atomic mass is 10.1. The Morgan fingerprint density at radius 1 is 1.07 bits per heavy atom. The van der Waals surface area contributed by atoms with Gasteiger partial charge in [-0.1, -0.05) is 12.1 Å². The van der Waals surface area contributed by atoms with E-state index in [0.29, 0.717) is 0 Å². The van der Waals surface area contributed by atoms with Gasteiger partial charge in [0.2, 0.25) is 0 Å². The molecule has 0 unspecified atom stereocenters. The first-order valence-corrected chi connectivity index (χ1v) is 7.40. The molecule has 0 aliphatic heterocycles. The van der Waals surface area contributed by atoms with E-state index in [9.17, 15) is 4.79 Å². The topological polar surface area (TPSA) is 17.1 Å². The number of carbonyl (C=O) groups is 1. The van der Waals surface area contributed by atoms with Crippen LogP contribution in [0.3, 0.4) is 0 Å². The molecule has 0 aliphatic rings. The van der Waals surface area contributed by atoms with Gasteiger partial charge in [0.05, 0.1) is 0 Å². The van der Waals surface area contributed by atoms with E-state index in [-0.39, 0.29) is 0 Å². The summed E-state index contributed by atoms with van der Waals surface area (Å²) in [6.45, 7) is 0. The van der Waals surface area contributed by atoms with Crippen LogP contribution in [0.2, 0.25) is 0 Å². The molecule has 76 valence electrons. The summed E-state index contributed by atoms with van der Waals surface area (Å²) in [4.78, 5) is 10.9. The Morgan fingerprint density at radius 2 is 1.80 bits per heavy atom. The fourth-order valence-electron chi connectivity index (χ4n) is 1.45. The van der Waals surface area contributed by atoms with Crippen molar-refractivity contribution in [1.29, 1.82) is 0 Å². The summed E-state index contributed by atoms with van der Waals surface area (Å²) in [7, 11) is 0. The van der Waals surface area contributed by atoms with Crippen LogP contribution in [0.25, 0.3) is 10.8 Å². The van der Waals surface area contributed by atoms with Crippen molar-refractivity contribution in [3.05, 3.63) is 40.5 Å². The maximum atomic E-state index is 10.9. The molecule has 0 saturated carbocycles. The second-order valence-electron chi connectivity index (χ2n) is 3.05. The highest BCUT2D eigenvalue weighted by atomic mass is 127. The summed E-state index contributed by atoms with van der Waals surface area (Å²) in [5, 5.41) is 2.38. The molecule has 0 fully saturated rings. The van der Waals surface area contributed by atoms with Gasteiger partial charge < -0.3 is 0 Å². The molecule has 0 aliphatic carbocycles. The van der Waals surface area contributed by atoms with Crippen molar-refractivity contribution < 1.29 is 4.79 Å². The first kappa shape index (κ1) is 12.0. The quantitative estimate of drug-likeness (QED) is 0.391. The number of hydrogen-bond donors (Lipinski definition) is 0. The van der Waals surface area contributed by atoms with Gasteiger partial charge in [0.1, 0.15) is 0 Å². The maximum Gasteiger partial charge on any atom is 0.151 e. The van der Waals surface area contributed by atoms with E-state index in [1.54, 1.807) is 0 Å². The zero-order valence-corrected chi connectivity index (χ0v) is 13.9. The molecular weight excluding hydrogens is 529 g/mol. The van der Waals surface area contributed by atoms with E-state index in [2.05, 4.69) is 73.8 Å². The van der Waals surface area contributed by atoms with Gasteiger partial charge in [-0.15, -0.1) is 0 Å². The van der Waals surface area contributed by atoms with Crippen molar-refractivity contribution in [1.82, 2.24) is 0 Å². The maximum absolute atomic E-state index is 10.9. The molecule has 0 heterocycles. The minimum atomic E-state index is 0.773. The van der Waals surface area contributed by atoms with Crippen molar-refractivity contribution in [2.45, 2.75) is 0 Å². The minimum absolute atomic E-state index is 0.773. The van der Waals surface area contributed by atoms with E-state index in [1.165, 1.54) is 8.96 Å². The molecule has 0 bridgehead atoms. The van der Waals surface area contributed by atoms with Gasteiger partial charge in [-0.25, -0.2) is 0 Å². The number of aldehydes is 1. The Labute approximate surface area is 128 Å². The van der Waals surface area contributed by atoms with Gasteiger partial charge >= 0.3 is 0 Å². The van der Waals surface area contributed by atoms with Crippen molar-refractivity contribution in [3.8, 4) is 0 Å². The summed E-state index contributed by atoms with van der Waals surface area (Å²) >= 11 is 6.86. The fraction of sp³-hybridized carbons (Fsp3) is 0. The first-order valence-electron chi connectivity index (χ1n) is 4.16. The molecule has 0 spiro atoms. The second kappa shape index (κ2) is 4.82. The highest BCUT2D eigenvalue weighted by Crippen LogP contribution is 2.31. The Hall–Kier alpha value is 0.560. The molecule has 4 heteroatoms. The highest BCUT2D eigenvalue weighted by molar-refractivity contribution is 14.1. The summed E-state index contributed by atoms with van der Waals surface area (Å²) in [5.74, 6) is 0. The average Bonchev–Trinajstić information content (AvgIpc) is 2.23. The van der Waals surface area contributed by atoms with Crippen LogP contribution >= 0.6 is 67.8 Å². The Balaban J connectivity index is 2.97. The van der Waals surface area contributed by atoms with E-state index in [0.717, 1.165) is 24.4 Å². The Bertz CT molecular complexity index is 549. The van der Waals surface area contributed by atoms with Gasteiger partial charge in [-0.2, -0.15) is 0 Å². The predicted octanol–water partition coefficient (Wildman–Crippen LogP) is 4.47. The summed E-state index contributed by atoms with van der Waals surface area (Å²) in [6.07, 6.45) is 0.920. The number of rotatable bonds is 1. The van der Waals surface area contributed by atoms with Gasteiger partial charge in [-0.05, 0) is 85.3 Å². The molecule has 0 atom stereocenters. The number of hydrogen-bond acceptors (Lipinski definition) is 1. The third-order valence-corrected chi connectivity index (χ3v) is 6.32. The molecule has 2 aromatic carbocycles. The molecule has 0 saturated heterocycles. The molecule has 0 amide bonds. The average molecular weight is 534 g/mol. The zero-order chi connectivity index (χ0) is 11.0. The third-order valence-electron chi connectivity index (χ3n) is 2.15. The smallest absolute Gasteiger partial charge is 0.151 e. The number of carbonyl (C=O) groups excluding carboxylic acids is 1. The summed E-state index contributed by atoms with van der Waals surface area (Å²) in [6, 6.07) is 8.10. The van der Waals surface area contributed by atoms with Crippen LogP contribution in [0.4, 0.5) is 0 Å². The lowest BCUT2D eigenvalue weighted by Crippen LogP contribution is -1.93. The van der Waals surface area contributed by atoms with Crippen LogP contribution < -0.4 is 0 Å². The predicted molar refractivity (Wildman–Crippen MR) is 87.5 cm³/mol. The van der Waals surface area contributed by atoms with Gasteiger partial charge in [-0.3, -0.25) is 4.79 Å². The number of halogens is 3. The Kier molecular flexibility index (Phi) is 3.87.